The van der Waals surface area contributed by atoms with Crippen LogP contribution in [0, 0.1) is 0 Å². The summed E-state index contributed by atoms with van der Waals surface area (Å²) in [5.74, 6) is 0.560. The third-order valence-corrected chi connectivity index (χ3v) is 3.01. The molecule has 0 aliphatic rings. The number of hydrogen-bond acceptors (Lipinski definition) is 3. The molecule has 0 bridgehead atoms. The van der Waals surface area contributed by atoms with Gasteiger partial charge in [-0.2, -0.15) is 0 Å². The quantitative estimate of drug-likeness (QED) is 0.934. The van der Waals surface area contributed by atoms with Gasteiger partial charge in [0.1, 0.15) is 11.6 Å². The fourth-order valence-corrected chi connectivity index (χ4v) is 1.93. The van der Waals surface area contributed by atoms with Crippen LogP contribution in [0.4, 0.5) is 5.82 Å². The van der Waals surface area contributed by atoms with Crippen molar-refractivity contribution >= 4 is 34.9 Å². The maximum atomic E-state index is 11.9. The van der Waals surface area contributed by atoms with E-state index >= 15 is 0 Å². The van der Waals surface area contributed by atoms with Gasteiger partial charge in [-0.3, -0.25) is 4.79 Å². The number of aromatic nitrogens is 1. The lowest BCUT2D eigenvalue weighted by molar-refractivity contribution is -0.122. The number of carbonyl (C=O) groups is 1. The molecule has 0 aliphatic heterocycles. The molecule has 0 unspecified atom stereocenters. The van der Waals surface area contributed by atoms with Crippen LogP contribution in [-0.4, -0.2) is 17.0 Å². The van der Waals surface area contributed by atoms with E-state index in [1.54, 1.807) is 49.5 Å². The van der Waals surface area contributed by atoms with Gasteiger partial charge in [0.15, 0.2) is 6.10 Å². The van der Waals surface area contributed by atoms with Gasteiger partial charge in [-0.25, -0.2) is 4.98 Å². The Kier molecular flexibility index (Phi) is 4.82. The van der Waals surface area contributed by atoms with E-state index in [0.717, 1.165) is 0 Å². The normalized spacial score (nSPS) is 11.8. The zero-order valence-corrected chi connectivity index (χ0v) is 12.2. The first-order chi connectivity index (χ1) is 9.56. The van der Waals surface area contributed by atoms with E-state index in [9.17, 15) is 4.79 Å². The van der Waals surface area contributed by atoms with Gasteiger partial charge in [0.2, 0.25) is 0 Å². The number of amides is 1. The summed E-state index contributed by atoms with van der Waals surface area (Å²) in [6.45, 7) is 1.63. The van der Waals surface area contributed by atoms with Crippen molar-refractivity contribution in [2.24, 2.45) is 0 Å². The van der Waals surface area contributed by atoms with Crippen LogP contribution in [-0.2, 0) is 4.79 Å². The van der Waals surface area contributed by atoms with Gasteiger partial charge in [-0.15, -0.1) is 0 Å². The van der Waals surface area contributed by atoms with Crippen molar-refractivity contribution in [3.63, 3.8) is 0 Å². The fraction of sp³-hybridized carbons (Fsp3) is 0.143. The Morgan fingerprint density at radius 2 is 2.10 bits per heavy atom. The number of carbonyl (C=O) groups excluding carboxylic acids is 1. The monoisotopic (exact) mass is 310 g/mol. The van der Waals surface area contributed by atoms with E-state index < -0.39 is 6.10 Å². The lowest BCUT2D eigenvalue weighted by Crippen LogP contribution is -2.30. The Morgan fingerprint density at radius 1 is 1.30 bits per heavy atom. The summed E-state index contributed by atoms with van der Waals surface area (Å²) < 4.78 is 5.50. The third-order valence-electron chi connectivity index (χ3n) is 2.48. The van der Waals surface area contributed by atoms with Gasteiger partial charge >= 0.3 is 0 Å². The van der Waals surface area contributed by atoms with Crippen LogP contribution < -0.4 is 10.1 Å². The number of pyridine rings is 1. The molecule has 2 aromatic rings. The van der Waals surface area contributed by atoms with Gasteiger partial charge in [0, 0.05) is 11.2 Å². The highest BCUT2D eigenvalue weighted by Gasteiger charge is 2.16. The number of hydrogen-bond donors (Lipinski definition) is 1. The summed E-state index contributed by atoms with van der Waals surface area (Å²) in [4.78, 5) is 16.0. The van der Waals surface area contributed by atoms with E-state index in [4.69, 9.17) is 27.9 Å². The number of ether oxygens (including phenoxy) is 1. The average molecular weight is 311 g/mol. The molecule has 0 spiro atoms. The summed E-state index contributed by atoms with van der Waals surface area (Å²) in [7, 11) is 0. The third kappa shape index (κ3) is 3.85. The Balaban J connectivity index is 2.00. The van der Waals surface area contributed by atoms with Crippen molar-refractivity contribution in [3.8, 4) is 5.75 Å². The molecule has 0 saturated heterocycles. The Hall–Kier alpha value is -1.78. The molecular weight excluding hydrogens is 299 g/mol. The molecule has 0 saturated carbocycles. The summed E-state index contributed by atoms with van der Waals surface area (Å²) in [5.41, 5.74) is 0. The van der Waals surface area contributed by atoms with Crippen molar-refractivity contribution < 1.29 is 9.53 Å². The molecule has 1 N–H and O–H groups in total. The molecule has 20 heavy (non-hydrogen) atoms. The smallest absolute Gasteiger partial charge is 0.266 e. The van der Waals surface area contributed by atoms with Crippen molar-refractivity contribution in [2.75, 3.05) is 5.32 Å². The number of anilines is 1. The standard InChI is InChI=1S/C14H12Cl2N2O2/c1-9(14(19)18-13-4-2-3-7-17-13)20-12-6-5-10(15)8-11(12)16/h2-9H,1H3,(H,17,18,19)/t9-/m0/s1. The minimum Gasteiger partial charge on any atom is -0.479 e. The molecule has 1 aromatic carbocycles. The molecule has 1 atom stereocenters. The summed E-state index contributed by atoms with van der Waals surface area (Å²) >= 11 is 11.8. The lowest BCUT2D eigenvalue weighted by Gasteiger charge is -2.15. The lowest BCUT2D eigenvalue weighted by atomic mass is 10.3. The van der Waals surface area contributed by atoms with Crippen molar-refractivity contribution in [3.05, 3.63) is 52.6 Å². The minimum absolute atomic E-state index is 0.310. The van der Waals surface area contributed by atoms with Gasteiger partial charge in [-0.1, -0.05) is 29.3 Å². The second-order valence-corrected chi connectivity index (χ2v) is 4.88. The number of nitrogens with zero attached hydrogens (tertiary/aromatic N) is 1. The molecule has 6 heteroatoms. The second-order valence-electron chi connectivity index (χ2n) is 4.04. The molecule has 1 heterocycles. The van der Waals surface area contributed by atoms with E-state index in [1.165, 1.54) is 0 Å². The zero-order valence-electron chi connectivity index (χ0n) is 10.6. The SMILES string of the molecule is C[C@H](Oc1ccc(Cl)cc1Cl)C(=O)Nc1ccccn1. The Morgan fingerprint density at radius 3 is 2.75 bits per heavy atom. The van der Waals surface area contributed by atoms with Crippen molar-refractivity contribution in [1.82, 2.24) is 4.98 Å². The van der Waals surface area contributed by atoms with Crippen LogP contribution in [0.25, 0.3) is 0 Å². The van der Waals surface area contributed by atoms with Crippen LogP contribution in [0.1, 0.15) is 6.92 Å². The van der Waals surface area contributed by atoms with Gasteiger partial charge in [0.05, 0.1) is 5.02 Å². The molecule has 0 aliphatic carbocycles. The Bertz CT molecular complexity index is 605. The minimum atomic E-state index is -0.712. The van der Waals surface area contributed by atoms with Gasteiger partial charge in [-0.05, 0) is 37.3 Å². The number of nitrogens with one attached hydrogen (secondary N) is 1. The van der Waals surface area contributed by atoms with Crippen molar-refractivity contribution in [2.45, 2.75) is 13.0 Å². The van der Waals surface area contributed by atoms with Crippen LogP contribution >= 0.6 is 23.2 Å². The summed E-state index contributed by atoms with van der Waals surface area (Å²) in [5, 5.41) is 3.51. The molecule has 1 aromatic heterocycles. The van der Waals surface area contributed by atoms with E-state index in [0.29, 0.717) is 21.6 Å². The second kappa shape index (κ2) is 6.59. The molecule has 1 amide bonds. The van der Waals surface area contributed by atoms with E-state index in [-0.39, 0.29) is 5.91 Å². The first-order valence-electron chi connectivity index (χ1n) is 5.90. The Labute approximate surface area is 126 Å². The molecular formula is C14H12Cl2N2O2. The molecule has 2 rings (SSSR count). The predicted molar refractivity (Wildman–Crippen MR) is 79.4 cm³/mol. The first kappa shape index (κ1) is 14.6. The largest absolute Gasteiger partial charge is 0.479 e. The van der Waals surface area contributed by atoms with E-state index in [2.05, 4.69) is 10.3 Å². The topological polar surface area (TPSA) is 51.2 Å². The first-order valence-corrected chi connectivity index (χ1v) is 6.65. The molecule has 0 radical (unpaired) electrons. The summed E-state index contributed by atoms with van der Waals surface area (Å²) in [6, 6.07) is 10.1. The number of halogens is 2. The highest BCUT2D eigenvalue weighted by Crippen LogP contribution is 2.28. The average Bonchev–Trinajstić information content (AvgIpc) is 2.43. The highest BCUT2D eigenvalue weighted by atomic mass is 35.5. The highest BCUT2D eigenvalue weighted by molar-refractivity contribution is 6.35. The van der Waals surface area contributed by atoms with Crippen LogP contribution in [0.3, 0.4) is 0 Å². The number of benzene rings is 1. The zero-order chi connectivity index (χ0) is 14.5. The fourth-order valence-electron chi connectivity index (χ4n) is 1.48. The maximum absolute atomic E-state index is 11.9. The molecule has 4 nitrogen and oxygen atoms in total. The summed E-state index contributed by atoms with van der Waals surface area (Å²) in [6.07, 6.45) is 0.882. The maximum Gasteiger partial charge on any atom is 0.266 e. The van der Waals surface area contributed by atoms with Crippen molar-refractivity contribution in [1.29, 1.82) is 0 Å². The molecule has 104 valence electrons. The van der Waals surface area contributed by atoms with Gasteiger partial charge < -0.3 is 10.1 Å². The molecule has 0 fully saturated rings. The van der Waals surface area contributed by atoms with E-state index in [1.807, 2.05) is 0 Å². The van der Waals surface area contributed by atoms with Gasteiger partial charge in [0.25, 0.3) is 5.91 Å². The van der Waals surface area contributed by atoms with Crippen LogP contribution in [0.15, 0.2) is 42.6 Å². The number of rotatable bonds is 4. The predicted octanol–water partition coefficient (Wildman–Crippen LogP) is 3.79. The van der Waals surface area contributed by atoms with Crippen LogP contribution in [0.2, 0.25) is 10.0 Å². The van der Waals surface area contributed by atoms with Crippen LogP contribution in [0.5, 0.6) is 5.75 Å².